The Morgan fingerprint density at radius 3 is 2.53 bits per heavy atom. The fourth-order valence-electron chi connectivity index (χ4n) is 4.28. The SMILES string of the molecule is CCNC(=NCc1ccc(CN2CCCCC2C)cc1)NCC(C)N1CCOCC1. The highest BCUT2D eigenvalue weighted by molar-refractivity contribution is 5.79. The first-order chi connectivity index (χ1) is 14.7. The van der Waals surface area contributed by atoms with Gasteiger partial charge in [0.1, 0.15) is 0 Å². The summed E-state index contributed by atoms with van der Waals surface area (Å²) in [6.45, 7) is 15.2. The van der Waals surface area contributed by atoms with Gasteiger partial charge in [-0.15, -0.1) is 0 Å². The van der Waals surface area contributed by atoms with Crippen LogP contribution in [0.15, 0.2) is 29.3 Å². The van der Waals surface area contributed by atoms with Gasteiger partial charge in [0.05, 0.1) is 19.8 Å². The normalized spacial score (nSPS) is 22.6. The molecule has 6 nitrogen and oxygen atoms in total. The molecule has 2 aliphatic rings. The number of nitrogens with zero attached hydrogens (tertiary/aromatic N) is 3. The van der Waals surface area contributed by atoms with Gasteiger partial charge in [-0.2, -0.15) is 0 Å². The van der Waals surface area contributed by atoms with Crippen molar-refractivity contribution in [2.45, 2.75) is 65.2 Å². The van der Waals surface area contributed by atoms with Crippen molar-refractivity contribution in [3.8, 4) is 0 Å². The molecule has 2 saturated heterocycles. The number of nitrogens with one attached hydrogen (secondary N) is 2. The average Bonchev–Trinajstić information content (AvgIpc) is 2.78. The van der Waals surface area contributed by atoms with Crippen LogP contribution < -0.4 is 10.6 Å². The van der Waals surface area contributed by atoms with Crippen LogP contribution in [0.3, 0.4) is 0 Å². The average molecular weight is 416 g/mol. The molecule has 0 radical (unpaired) electrons. The summed E-state index contributed by atoms with van der Waals surface area (Å²) in [7, 11) is 0. The van der Waals surface area contributed by atoms with Crippen molar-refractivity contribution < 1.29 is 4.74 Å². The predicted molar refractivity (Wildman–Crippen MR) is 125 cm³/mol. The molecule has 1 aromatic carbocycles. The van der Waals surface area contributed by atoms with Crippen LogP contribution in [-0.2, 0) is 17.8 Å². The van der Waals surface area contributed by atoms with Gasteiger partial charge in [-0.1, -0.05) is 30.7 Å². The summed E-state index contributed by atoms with van der Waals surface area (Å²) in [5.41, 5.74) is 2.66. The van der Waals surface area contributed by atoms with Gasteiger partial charge < -0.3 is 15.4 Å². The lowest BCUT2D eigenvalue weighted by atomic mass is 10.0. The zero-order valence-corrected chi connectivity index (χ0v) is 19.2. The number of morpholine rings is 1. The summed E-state index contributed by atoms with van der Waals surface area (Å²) in [4.78, 5) is 9.88. The molecule has 168 valence electrons. The minimum atomic E-state index is 0.467. The van der Waals surface area contributed by atoms with E-state index in [0.29, 0.717) is 18.6 Å². The molecule has 1 aromatic rings. The molecule has 0 bridgehead atoms. The van der Waals surface area contributed by atoms with Crippen LogP contribution >= 0.6 is 0 Å². The number of guanidine groups is 1. The summed E-state index contributed by atoms with van der Waals surface area (Å²) in [6.07, 6.45) is 4.04. The van der Waals surface area contributed by atoms with Crippen molar-refractivity contribution in [3.05, 3.63) is 35.4 Å². The fraction of sp³-hybridized carbons (Fsp3) is 0.708. The molecule has 0 saturated carbocycles. The number of aliphatic imine (C=N–C) groups is 1. The van der Waals surface area contributed by atoms with E-state index in [9.17, 15) is 0 Å². The van der Waals surface area contributed by atoms with Crippen molar-refractivity contribution in [1.82, 2.24) is 20.4 Å². The molecule has 0 aromatic heterocycles. The summed E-state index contributed by atoms with van der Waals surface area (Å²) in [6, 6.07) is 10.2. The summed E-state index contributed by atoms with van der Waals surface area (Å²) >= 11 is 0. The number of hydrogen-bond donors (Lipinski definition) is 2. The van der Waals surface area contributed by atoms with Gasteiger partial charge in [-0.3, -0.25) is 9.80 Å². The first-order valence-corrected chi connectivity index (χ1v) is 11.8. The molecule has 0 amide bonds. The zero-order valence-electron chi connectivity index (χ0n) is 19.2. The summed E-state index contributed by atoms with van der Waals surface area (Å²) < 4.78 is 5.46. The largest absolute Gasteiger partial charge is 0.379 e. The van der Waals surface area contributed by atoms with Crippen LogP contribution in [-0.4, -0.2) is 73.8 Å². The summed E-state index contributed by atoms with van der Waals surface area (Å²) in [5.74, 6) is 0.892. The number of hydrogen-bond acceptors (Lipinski definition) is 4. The van der Waals surface area contributed by atoms with E-state index >= 15 is 0 Å². The van der Waals surface area contributed by atoms with E-state index in [-0.39, 0.29) is 0 Å². The molecular weight excluding hydrogens is 374 g/mol. The van der Waals surface area contributed by atoms with E-state index in [2.05, 4.69) is 65.5 Å². The molecule has 0 spiro atoms. The Labute approximate surface area is 183 Å². The van der Waals surface area contributed by atoms with Crippen LogP contribution in [0.25, 0.3) is 0 Å². The highest BCUT2D eigenvalue weighted by atomic mass is 16.5. The second-order valence-corrected chi connectivity index (χ2v) is 8.71. The first kappa shape index (κ1) is 23.0. The maximum Gasteiger partial charge on any atom is 0.191 e. The standard InChI is InChI=1S/C24H41N5O/c1-4-25-24(26-17-21(3)28-13-15-30-16-14-28)27-18-22-8-10-23(11-9-22)19-29-12-6-5-7-20(29)2/h8-11,20-21H,4-7,12-19H2,1-3H3,(H2,25,26,27). The van der Waals surface area contributed by atoms with Gasteiger partial charge >= 0.3 is 0 Å². The number of likely N-dealkylation sites (tertiary alicyclic amines) is 1. The highest BCUT2D eigenvalue weighted by Crippen LogP contribution is 2.19. The lowest BCUT2D eigenvalue weighted by Crippen LogP contribution is -2.49. The van der Waals surface area contributed by atoms with Crippen molar-refractivity contribution in [2.75, 3.05) is 45.9 Å². The van der Waals surface area contributed by atoms with Gasteiger partial charge in [0.25, 0.3) is 0 Å². The second kappa shape index (κ2) is 12.3. The lowest BCUT2D eigenvalue weighted by molar-refractivity contribution is 0.0211. The number of piperidine rings is 1. The second-order valence-electron chi connectivity index (χ2n) is 8.71. The Balaban J connectivity index is 1.48. The van der Waals surface area contributed by atoms with E-state index in [1.165, 1.54) is 36.9 Å². The maximum absolute atomic E-state index is 5.46. The van der Waals surface area contributed by atoms with E-state index in [0.717, 1.165) is 51.9 Å². The third-order valence-electron chi connectivity index (χ3n) is 6.35. The molecule has 2 fully saturated rings. The monoisotopic (exact) mass is 415 g/mol. The van der Waals surface area contributed by atoms with E-state index < -0.39 is 0 Å². The maximum atomic E-state index is 5.46. The quantitative estimate of drug-likeness (QED) is 0.505. The topological polar surface area (TPSA) is 52.1 Å². The molecule has 6 heteroatoms. The van der Waals surface area contributed by atoms with Crippen LogP contribution in [0, 0.1) is 0 Å². The van der Waals surface area contributed by atoms with Gasteiger partial charge in [0, 0.05) is 44.8 Å². The van der Waals surface area contributed by atoms with Crippen molar-refractivity contribution >= 4 is 5.96 Å². The predicted octanol–water partition coefficient (Wildman–Crippen LogP) is 2.84. The van der Waals surface area contributed by atoms with Crippen LogP contribution in [0.1, 0.15) is 51.2 Å². The molecule has 2 unspecified atom stereocenters. The zero-order chi connectivity index (χ0) is 21.2. The highest BCUT2D eigenvalue weighted by Gasteiger charge is 2.18. The molecule has 3 rings (SSSR count). The minimum absolute atomic E-state index is 0.467. The molecular formula is C24H41N5O. The Hall–Kier alpha value is -1.63. The van der Waals surface area contributed by atoms with Gasteiger partial charge in [0.2, 0.25) is 0 Å². The minimum Gasteiger partial charge on any atom is -0.379 e. The lowest BCUT2D eigenvalue weighted by Gasteiger charge is -2.33. The van der Waals surface area contributed by atoms with Crippen LogP contribution in [0.5, 0.6) is 0 Å². The fourth-order valence-corrected chi connectivity index (χ4v) is 4.28. The molecule has 0 aliphatic carbocycles. The Morgan fingerprint density at radius 2 is 1.83 bits per heavy atom. The van der Waals surface area contributed by atoms with Gasteiger partial charge in [-0.05, 0) is 51.3 Å². The number of rotatable bonds is 8. The molecule has 2 N–H and O–H groups in total. The van der Waals surface area contributed by atoms with E-state index in [1.807, 2.05) is 0 Å². The van der Waals surface area contributed by atoms with Crippen LogP contribution in [0.4, 0.5) is 0 Å². The van der Waals surface area contributed by atoms with Crippen molar-refractivity contribution in [2.24, 2.45) is 4.99 Å². The molecule has 2 atom stereocenters. The molecule has 2 heterocycles. The summed E-state index contributed by atoms with van der Waals surface area (Å²) in [5, 5.41) is 6.88. The van der Waals surface area contributed by atoms with Gasteiger partial charge in [0.15, 0.2) is 5.96 Å². The molecule has 2 aliphatic heterocycles. The Kier molecular flexibility index (Phi) is 9.43. The smallest absolute Gasteiger partial charge is 0.191 e. The Morgan fingerprint density at radius 1 is 1.10 bits per heavy atom. The van der Waals surface area contributed by atoms with E-state index in [1.54, 1.807) is 0 Å². The first-order valence-electron chi connectivity index (χ1n) is 11.8. The number of ether oxygens (including phenoxy) is 1. The molecule has 30 heavy (non-hydrogen) atoms. The van der Waals surface area contributed by atoms with Crippen molar-refractivity contribution in [1.29, 1.82) is 0 Å². The third-order valence-corrected chi connectivity index (χ3v) is 6.35. The van der Waals surface area contributed by atoms with Crippen molar-refractivity contribution in [3.63, 3.8) is 0 Å². The number of benzene rings is 1. The third kappa shape index (κ3) is 7.25. The van der Waals surface area contributed by atoms with Gasteiger partial charge in [-0.25, -0.2) is 4.99 Å². The van der Waals surface area contributed by atoms with E-state index in [4.69, 9.17) is 9.73 Å². The van der Waals surface area contributed by atoms with Crippen LogP contribution in [0.2, 0.25) is 0 Å². The Bertz CT molecular complexity index is 642.